The van der Waals surface area contributed by atoms with Crippen molar-refractivity contribution in [2.75, 3.05) is 21.3 Å². The number of hydrogen-bond donors (Lipinski definition) is 1. The zero-order valence-corrected chi connectivity index (χ0v) is 15.9. The van der Waals surface area contributed by atoms with E-state index in [0.29, 0.717) is 12.3 Å². The average Bonchev–Trinajstić information content (AvgIpc) is 3.16. The Bertz CT molecular complexity index is 864. The molecule has 0 saturated heterocycles. The molecule has 3 rings (SSSR count). The van der Waals surface area contributed by atoms with Gasteiger partial charge >= 0.3 is 0 Å². The molecule has 6 heteroatoms. The largest absolute Gasteiger partial charge is 0.496 e. The lowest BCUT2D eigenvalue weighted by molar-refractivity contribution is 0.355. The summed E-state index contributed by atoms with van der Waals surface area (Å²) in [6.45, 7) is 1.44. The summed E-state index contributed by atoms with van der Waals surface area (Å²) in [6, 6.07) is 13.9. The molecule has 136 valence electrons. The summed E-state index contributed by atoms with van der Waals surface area (Å²) in [5.41, 5.74) is 2.20. The summed E-state index contributed by atoms with van der Waals surface area (Å²) in [5.74, 6) is 2.33. The SMILES string of the molecule is COc1ccccc1CNCc1ncc(-c2ccc(OC)c(OC)c2)s1. The maximum absolute atomic E-state index is 5.38. The van der Waals surface area contributed by atoms with E-state index in [1.165, 1.54) is 0 Å². The van der Waals surface area contributed by atoms with E-state index in [4.69, 9.17) is 14.2 Å². The molecule has 1 heterocycles. The van der Waals surface area contributed by atoms with Gasteiger partial charge in [-0.1, -0.05) is 18.2 Å². The fourth-order valence-electron chi connectivity index (χ4n) is 2.67. The second-order valence-electron chi connectivity index (χ2n) is 5.60. The third-order valence-corrected chi connectivity index (χ3v) is 5.05. The highest BCUT2D eigenvalue weighted by Crippen LogP contribution is 2.34. The van der Waals surface area contributed by atoms with Crippen LogP contribution in [0, 0.1) is 0 Å². The Kier molecular flexibility index (Phi) is 6.09. The molecular formula is C20H22N2O3S. The molecule has 0 bridgehead atoms. The highest BCUT2D eigenvalue weighted by molar-refractivity contribution is 7.15. The van der Waals surface area contributed by atoms with Crippen molar-refractivity contribution < 1.29 is 14.2 Å². The molecular weight excluding hydrogens is 348 g/mol. The summed E-state index contributed by atoms with van der Waals surface area (Å²) in [7, 11) is 4.96. The summed E-state index contributed by atoms with van der Waals surface area (Å²) in [6.07, 6.45) is 1.89. The molecule has 0 radical (unpaired) electrons. The van der Waals surface area contributed by atoms with Gasteiger partial charge in [-0.3, -0.25) is 0 Å². The minimum absolute atomic E-state index is 0.704. The summed E-state index contributed by atoms with van der Waals surface area (Å²) in [5, 5.41) is 4.45. The Hall–Kier alpha value is -2.57. The standard InChI is InChI=1S/C20H22N2O3S/c1-23-16-7-5-4-6-15(16)11-21-13-20-22-12-19(26-20)14-8-9-17(24-2)18(10-14)25-3/h4-10,12,21H,11,13H2,1-3H3. The molecule has 0 aliphatic carbocycles. The smallest absolute Gasteiger partial charge is 0.161 e. The Labute approximate surface area is 157 Å². The van der Waals surface area contributed by atoms with Crippen LogP contribution in [-0.4, -0.2) is 26.3 Å². The fraction of sp³-hybridized carbons (Fsp3) is 0.250. The van der Waals surface area contributed by atoms with Gasteiger partial charge in [-0.05, 0) is 29.8 Å². The van der Waals surface area contributed by atoms with Gasteiger partial charge in [0.05, 0.1) is 26.2 Å². The van der Waals surface area contributed by atoms with Crippen molar-refractivity contribution in [3.63, 3.8) is 0 Å². The van der Waals surface area contributed by atoms with Gasteiger partial charge in [-0.2, -0.15) is 0 Å². The third kappa shape index (κ3) is 4.15. The van der Waals surface area contributed by atoms with E-state index in [-0.39, 0.29) is 0 Å². The molecule has 0 aliphatic heterocycles. The van der Waals surface area contributed by atoms with Gasteiger partial charge in [0.1, 0.15) is 10.8 Å². The van der Waals surface area contributed by atoms with Crippen molar-refractivity contribution in [1.29, 1.82) is 0 Å². The topological polar surface area (TPSA) is 52.6 Å². The van der Waals surface area contributed by atoms with Crippen molar-refractivity contribution in [3.05, 3.63) is 59.2 Å². The van der Waals surface area contributed by atoms with Crippen molar-refractivity contribution in [1.82, 2.24) is 10.3 Å². The van der Waals surface area contributed by atoms with Crippen LogP contribution in [0.25, 0.3) is 10.4 Å². The van der Waals surface area contributed by atoms with Crippen LogP contribution in [0.5, 0.6) is 17.2 Å². The van der Waals surface area contributed by atoms with Crippen LogP contribution < -0.4 is 19.5 Å². The normalized spacial score (nSPS) is 10.6. The lowest BCUT2D eigenvalue weighted by atomic mass is 10.2. The van der Waals surface area contributed by atoms with E-state index in [1.54, 1.807) is 32.7 Å². The summed E-state index contributed by atoms with van der Waals surface area (Å²) in [4.78, 5) is 5.61. The second-order valence-corrected chi connectivity index (χ2v) is 6.72. The van der Waals surface area contributed by atoms with Gasteiger partial charge in [0.2, 0.25) is 0 Å². The first-order valence-electron chi connectivity index (χ1n) is 8.25. The number of hydrogen-bond acceptors (Lipinski definition) is 6. The van der Waals surface area contributed by atoms with Crippen LogP contribution in [0.4, 0.5) is 0 Å². The molecule has 3 aromatic rings. The molecule has 0 atom stereocenters. The number of ether oxygens (including phenoxy) is 3. The molecule has 26 heavy (non-hydrogen) atoms. The number of rotatable bonds is 8. The first kappa shape index (κ1) is 18.2. The number of aromatic nitrogens is 1. The number of para-hydroxylation sites is 1. The van der Waals surface area contributed by atoms with Crippen molar-refractivity contribution in [2.24, 2.45) is 0 Å². The first-order valence-corrected chi connectivity index (χ1v) is 9.06. The van der Waals surface area contributed by atoms with E-state index in [9.17, 15) is 0 Å². The predicted molar refractivity (Wildman–Crippen MR) is 104 cm³/mol. The molecule has 0 saturated carbocycles. The molecule has 0 spiro atoms. The Morgan fingerprint density at radius 3 is 2.42 bits per heavy atom. The Morgan fingerprint density at radius 2 is 1.65 bits per heavy atom. The number of thiazole rings is 1. The van der Waals surface area contributed by atoms with Gasteiger partial charge in [-0.15, -0.1) is 11.3 Å². The number of methoxy groups -OCH3 is 3. The highest BCUT2D eigenvalue weighted by Gasteiger charge is 2.09. The average molecular weight is 370 g/mol. The second kappa shape index (κ2) is 8.69. The minimum Gasteiger partial charge on any atom is -0.496 e. The Morgan fingerprint density at radius 1 is 0.885 bits per heavy atom. The molecule has 0 unspecified atom stereocenters. The first-order chi connectivity index (χ1) is 12.7. The number of nitrogens with one attached hydrogen (secondary N) is 1. The van der Waals surface area contributed by atoms with E-state index in [0.717, 1.165) is 39.1 Å². The van der Waals surface area contributed by atoms with Gasteiger partial charge < -0.3 is 19.5 Å². The summed E-state index contributed by atoms with van der Waals surface area (Å²) >= 11 is 1.66. The lowest BCUT2D eigenvalue weighted by Gasteiger charge is -2.08. The maximum atomic E-state index is 5.38. The predicted octanol–water partition coefficient (Wildman–Crippen LogP) is 4.13. The van der Waals surface area contributed by atoms with Crippen LogP contribution in [-0.2, 0) is 13.1 Å². The zero-order chi connectivity index (χ0) is 18.4. The minimum atomic E-state index is 0.704. The quantitative estimate of drug-likeness (QED) is 0.646. The van der Waals surface area contributed by atoms with Crippen LogP contribution >= 0.6 is 11.3 Å². The van der Waals surface area contributed by atoms with Crippen LogP contribution in [0.3, 0.4) is 0 Å². The van der Waals surface area contributed by atoms with Crippen LogP contribution in [0.2, 0.25) is 0 Å². The van der Waals surface area contributed by atoms with Crippen LogP contribution in [0.1, 0.15) is 10.6 Å². The Balaban J connectivity index is 1.65. The molecule has 0 fully saturated rings. The zero-order valence-electron chi connectivity index (χ0n) is 15.1. The molecule has 5 nitrogen and oxygen atoms in total. The molecule has 0 aliphatic rings. The maximum Gasteiger partial charge on any atom is 0.161 e. The highest BCUT2D eigenvalue weighted by atomic mass is 32.1. The third-order valence-electron chi connectivity index (χ3n) is 4.01. The molecule has 1 aromatic heterocycles. The van der Waals surface area contributed by atoms with E-state index in [2.05, 4.69) is 16.4 Å². The van der Waals surface area contributed by atoms with E-state index < -0.39 is 0 Å². The van der Waals surface area contributed by atoms with E-state index in [1.807, 2.05) is 42.6 Å². The van der Waals surface area contributed by atoms with Crippen molar-refractivity contribution in [2.45, 2.75) is 13.1 Å². The van der Waals surface area contributed by atoms with Gasteiger partial charge in [0.15, 0.2) is 11.5 Å². The monoisotopic (exact) mass is 370 g/mol. The lowest BCUT2D eigenvalue weighted by Crippen LogP contribution is -2.13. The van der Waals surface area contributed by atoms with Gasteiger partial charge in [0, 0.05) is 24.8 Å². The van der Waals surface area contributed by atoms with Crippen molar-refractivity contribution in [3.8, 4) is 27.7 Å². The molecule has 2 aromatic carbocycles. The molecule has 1 N–H and O–H groups in total. The summed E-state index contributed by atoms with van der Waals surface area (Å²) < 4.78 is 16.0. The van der Waals surface area contributed by atoms with Crippen LogP contribution in [0.15, 0.2) is 48.7 Å². The van der Waals surface area contributed by atoms with Gasteiger partial charge in [0.25, 0.3) is 0 Å². The number of benzene rings is 2. The number of nitrogens with zero attached hydrogens (tertiary/aromatic N) is 1. The van der Waals surface area contributed by atoms with E-state index >= 15 is 0 Å². The van der Waals surface area contributed by atoms with Gasteiger partial charge in [-0.25, -0.2) is 4.98 Å². The van der Waals surface area contributed by atoms with Crippen molar-refractivity contribution >= 4 is 11.3 Å². The molecule has 0 amide bonds. The fourth-order valence-corrected chi connectivity index (χ4v) is 3.55.